The number of para-hydroxylation sites is 4. The maximum absolute atomic E-state index is 5.74. The quantitative estimate of drug-likeness (QED) is 0.400. The van der Waals surface area contributed by atoms with Crippen molar-refractivity contribution in [1.82, 2.24) is 15.0 Å². The van der Waals surface area contributed by atoms with Crippen LogP contribution in [0.25, 0.3) is 22.2 Å². The van der Waals surface area contributed by atoms with Crippen molar-refractivity contribution >= 4 is 45.7 Å². The molecule has 0 spiro atoms. The summed E-state index contributed by atoms with van der Waals surface area (Å²) in [6.45, 7) is 0. The molecular formula is C19H11N3O2S2. The minimum absolute atomic E-state index is 0.572. The van der Waals surface area contributed by atoms with Crippen molar-refractivity contribution in [3.8, 4) is 0 Å². The van der Waals surface area contributed by atoms with Gasteiger partial charge in [0.05, 0.1) is 0 Å². The number of aromatic nitrogens is 3. The second kappa shape index (κ2) is 6.51. The molecule has 5 aromatic rings. The fourth-order valence-electron chi connectivity index (χ4n) is 2.48. The summed E-state index contributed by atoms with van der Waals surface area (Å²) >= 11 is 2.78. The third-order valence-electron chi connectivity index (χ3n) is 3.63. The Morgan fingerprint density at radius 1 is 0.538 bits per heavy atom. The van der Waals surface area contributed by atoms with Crippen LogP contribution in [0.5, 0.6) is 0 Å². The first-order valence-electron chi connectivity index (χ1n) is 7.87. The Labute approximate surface area is 156 Å². The van der Waals surface area contributed by atoms with Crippen LogP contribution in [0, 0.1) is 0 Å². The summed E-state index contributed by atoms with van der Waals surface area (Å²) in [5.74, 6) is 0. The van der Waals surface area contributed by atoms with E-state index in [1.54, 1.807) is 0 Å². The molecule has 3 heterocycles. The zero-order valence-corrected chi connectivity index (χ0v) is 15.0. The SMILES string of the molecule is c1cc(Sc2nc3ccccc3o2)nc(Sc2nc3ccccc3o2)c1. The first kappa shape index (κ1) is 15.5. The van der Waals surface area contributed by atoms with Gasteiger partial charge in [-0.05, 0) is 59.9 Å². The maximum atomic E-state index is 5.74. The van der Waals surface area contributed by atoms with Gasteiger partial charge in [0.1, 0.15) is 21.1 Å². The number of fused-ring (bicyclic) bond motifs is 2. The number of nitrogens with zero attached hydrogens (tertiary/aromatic N) is 3. The van der Waals surface area contributed by atoms with Gasteiger partial charge in [0.2, 0.25) is 0 Å². The van der Waals surface area contributed by atoms with E-state index >= 15 is 0 Å². The Hall–Kier alpha value is -2.77. The lowest BCUT2D eigenvalue weighted by Crippen LogP contribution is -1.83. The number of hydrogen-bond acceptors (Lipinski definition) is 7. The fourth-order valence-corrected chi connectivity index (χ4v) is 4.03. The van der Waals surface area contributed by atoms with Crippen LogP contribution in [0.15, 0.2) is 96.1 Å². The maximum Gasteiger partial charge on any atom is 0.263 e. The van der Waals surface area contributed by atoms with E-state index in [-0.39, 0.29) is 0 Å². The van der Waals surface area contributed by atoms with Crippen molar-refractivity contribution in [2.75, 3.05) is 0 Å². The highest BCUT2D eigenvalue weighted by Gasteiger charge is 2.11. The van der Waals surface area contributed by atoms with Gasteiger partial charge in [0.15, 0.2) is 11.2 Å². The lowest BCUT2D eigenvalue weighted by atomic mass is 10.3. The summed E-state index contributed by atoms with van der Waals surface area (Å²) in [5, 5.41) is 2.75. The average Bonchev–Trinajstić information content (AvgIpc) is 3.24. The van der Waals surface area contributed by atoms with Crippen molar-refractivity contribution in [2.45, 2.75) is 20.5 Å². The highest BCUT2D eigenvalue weighted by Crippen LogP contribution is 2.32. The Kier molecular flexibility index (Phi) is 3.88. The summed E-state index contributed by atoms with van der Waals surface area (Å²) in [6, 6.07) is 21.2. The third kappa shape index (κ3) is 3.07. The molecular weight excluding hydrogens is 366 g/mol. The van der Waals surface area contributed by atoms with Gasteiger partial charge in [-0.2, -0.15) is 0 Å². The second-order valence-corrected chi connectivity index (χ2v) is 7.36. The first-order chi connectivity index (χ1) is 12.8. The fraction of sp³-hybridized carbons (Fsp3) is 0. The molecule has 0 aliphatic heterocycles. The highest BCUT2D eigenvalue weighted by molar-refractivity contribution is 7.99. The lowest BCUT2D eigenvalue weighted by molar-refractivity contribution is 0.488. The van der Waals surface area contributed by atoms with Crippen molar-refractivity contribution in [1.29, 1.82) is 0 Å². The molecule has 0 amide bonds. The smallest absolute Gasteiger partial charge is 0.263 e. The molecule has 0 radical (unpaired) electrons. The second-order valence-electron chi connectivity index (χ2n) is 5.41. The van der Waals surface area contributed by atoms with Crippen molar-refractivity contribution in [2.24, 2.45) is 0 Å². The first-order valence-corrected chi connectivity index (χ1v) is 9.51. The van der Waals surface area contributed by atoms with Gasteiger partial charge >= 0.3 is 0 Å². The third-order valence-corrected chi connectivity index (χ3v) is 5.20. The van der Waals surface area contributed by atoms with Gasteiger partial charge in [0, 0.05) is 0 Å². The summed E-state index contributed by atoms with van der Waals surface area (Å²) < 4.78 is 11.5. The number of benzene rings is 2. The molecule has 2 aromatic carbocycles. The van der Waals surface area contributed by atoms with Crippen LogP contribution in [0.3, 0.4) is 0 Å². The molecule has 0 fully saturated rings. The predicted octanol–water partition coefficient (Wildman–Crippen LogP) is 5.67. The van der Waals surface area contributed by atoms with Crippen LogP contribution < -0.4 is 0 Å². The monoisotopic (exact) mass is 377 g/mol. The molecule has 0 bridgehead atoms. The minimum Gasteiger partial charge on any atom is -0.431 e. The Balaban J connectivity index is 1.39. The normalized spacial score (nSPS) is 11.4. The van der Waals surface area contributed by atoms with Gasteiger partial charge in [-0.15, -0.1) is 0 Å². The van der Waals surface area contributed by atoms with E-state index in [4.69, 9.17) is 8.83 Å². The van der Waals surface area contributed by atoms with E-state index in [9.17, 15) is 0 Å². The summed E-state index contributed by atoms with van der Waals surface area (Å²) in [4.78, 5) is 13.6. The number of pyridine rings is 1. The van der Waals surface area contributed by atoms with E-state index in [1.807, 2.05) is 66.7 Å². The molecule has 0 unspecified atom stereocenters. The van der Waals surface area contributed by atoms with E-state index in [1.165, 1.54) is 23.5 Å². The van der Waals surface area contributed by atoms with Crippen LogP contribution in [-0.4, -0.2) is 15.0 Å². The molecule has 0 aliphatic carbocycles. The standard InChI is InChI=1S/C19H11N3O2S2/c1-3-8-14-12(6-1)20-18(23-14)25-16-10-5-11-17(22-16)26-19-21-13-7-2-4-9-15(13)24-19/h1-11H. The summed E-state index contributed by atoms with van der Waals surface area (Å²) in [6.07, 6.45) is 0. The van der Waals surface area contributed by atoms with Crippen molar-refractivity contribution in [3.63, 3.8) is 0 Å². The molecule has 0 N–H and O–H groups in total. The molecule has 7 heteroatoms. The largest absolute Gasteiger partial charge is 0.431 e. The van der Waals surface area contributed by atoms with E-state index in [0.29, 0.717) is 10.4 Å². The average molecular weight is 377 g/mol. The van der Waals surface area contributed by atoms with Gasteiger partial charge in [0.25, 0.3) is 10.4 Å². The molecule has 5 rings (SSSR count). The molecule has 0 saturated carbocycles. The Morgan fingerprint density at radius 2 is 1.04 bits per heavy atom. The molecule has 5 nitrogen and oxygen atoms in total. The zero-order valence-electron chi connectivity index (χ0n) is 13.3. The van der Waals surface area contributed by atoms with E-state index < -0.39 is 0 Å². The molecule has 126 valence electrons. The Morgan fingerprint density at radius 3 is 1.54 bits per heavy atom. The van der Waals surface area contributed by atoms with E-state index in [0.717, 1.165) is 32.3 Å². The molecule has 0 aliphatic rings. The van der Waals surface area contributed by atoms with Crippen molar-refractivity contribution in [3.05, 3.63) is 66.7 Å². The molecule has 0 saturated heterocycles. The topological polar surface area (TPSA) is 65.0 Å². The predicted molar refractivity (Wildman–Crippen MR) is 101 cm³/mol. The van der Waals surface area contributed by atoms with E-state index in [2.05, 4.69) is 15.0 Å². The van der Waals surface area contributed by atoms with Gasteiger partial charge in [-0.25, -0.2) is 15.0 Å². The highest BCUT2D eigenvalue weighted by atomic mass is 32.2. The number of oxazole rings is 2. The van der Waals surface area contributed by atoms with Crippen LogP contribution in [0.2, 0.25) is 0 Å². The van der Waals surface area contributed by atoms with Crippen LogP contribution in [0.4, 0.5) is 0 Å². The van der Waals surface area contributed by atoms with Gasteiger partial charge in [-0.3, -0.25) is 0 Å². The van der Waals surface area contributed by atoms with Crippen molar-refractivity contribution < 1.29 is 8.83 Å². The van der Waals surface area contributed by atoms with Crippen LogP contribution >= 0.6 is 23.5 Å². The molecule has 26 heavy (non-hydrogen) atoms. The van der Waals surface area contributed by atoms with Crippen LogP contribution in [0.1, 0.15) is 0 Å². The lowest BCUT2D eigenvalue weighted by Gasteiger charge is -1.99. The number of hydrogen-bond donors (Lipinski definition) is 0. The minimum atomic E-state index is 0.572. The molecule has 0 atom stereocenters. The van der Waals surface area contributed by atoms with Crippen LogP contribution in [-0.2, 0) is 0 Å². The Bertz CT molecular complexity index is 1060. The summed E-state index contributed by atoms with van der Waals surface area (Å²) in [7, 11) is 0. The van der Waals surface area contributed by atoms with Gasteiger partial charge < -0.3 is 8.83 Å². The zero-order chi connectivity index (χ0) is 17.3. The number of rotatable bonds is 4. The summed E-state index contributed by atoms with van der Waals surface area (Å²) in [5.41, 5.74) is 3.22. The molecule has 3 aromatic heterocycles. The van der Waals surface area contributed by atoms with Gasteiger partial charge in [-0.1, -0.05) is 30.3 Å².